The molecule has 0 aromatic carbocycles. The third-order valence-corrected chi connectivity index (χ3v) is 5.20. The standard InChI is InChI=1S/C14H18N4O2/c1-17-12-10(13(19)18(2)14(17)20)15-11(16-12)9-6-7-3-4-8(9)5-7/h7-9H,3-6H2,1-2H3,(H,15,16)/t7-,8-,9+/m1/s1. The molecule has 3 atom stereocenters. The number of aromatic nitrogens is 4. The van der Waals surface area contributed by atoms with Crippen molar-refractivity contribution in [2.75, 3.05) is 0 Å². The summed E-state index contributed by atoms with van der Waals surface area (Å²) in [6.07, 6.45) is 5.06. The van der Waals surface area contributed by atoms with Gasteiger partial charge in [-0.15, -0.1) is 0 Å². The summed E-state index contributed by atoms with van der Waals surface area (Å²) in [4.78, 5) is 31.9. The molecule has 0 saturated heterocycles. The number of fused-ring (bicyclic) bond motifs is 3. The Kier molecular flexibility index (Phi) is 2.29. The molecule has 6 nitrogen and oxygen atoms in total. The highest BCUT2D eigenvalue weighted by Gasteiger charge is 2.41. The second kappa shape index (κ2) is 3.84. The summed E-state index contributed by atoms with van der Waals surface area (Å²) in [5.41, 5.74) is 0.321. The van der Waals surface area contributed by atoms with Crippen molar-refractivity contribution in [1.29, 1.82) is 0 Å². The van der Waals surface area contributed by atoms with Crippen LogP contribution < -0.4 is 11.2 Å². The lowest BCUT2D eigenvalue weighted by atomic mass is 9.88. The number of aromatic amines is 1. The largest absolute Gasteiger partial charge is 0.336 e. The van der Waals surface area contributed by atoms with Crippen molar-refractivity contribution in [2.24, 2.45) is 25.9 Å². The van der Waals surface area contributed by atoms with Gasteiger partial charge in [0.05, 0.1) is 0 Å². The number of hydrogen-bond acceptors (Lipinski definition) is 3. The second-order valence-corrected chi connectivity index (χ2v) is 6.31. The number of rotatable bonds is 1. The van der Waals surface area contributed by atoms with Crippen LogP contribution in [0.3, 0.4) is 0 Å². The molecule has 2 saturated carbocycles. The van der Waals surface area contributed by atoms with Gasteiger partial charge in [0, 0.05) is 20.0 Å². The van der Waals surface area contributed by atoms with Gasteiger partial charge < -0.3 is 4.98 Å². The smallest absolute Gasteiger partial charge is 0.332 e. The van der Waals surface area contributed by atoms with Crippen LogP contribution in [0.1, 0.15) is 37.4 Å². The molecule has 0 spiro atoms. The highest BCUT2D eigenvalue weighted by Crippen LogP contribution is 2.52. The lowest BCUT2D eigenvalue weighted by Gasteiger charge is -2.18. The van der Waals surface area contributed by atoms with E-state index in [9.17, 15) is 9.59 Å². The van der Waals surface area contributed by atoms with Crippen LogP contribution >= 0.6 is 0 Å². The van der Waals surface area contributed by atoms with E-state index in [1.165, 1.54) is 37.3 Å². The average Bonchev–Trinajstić information content (AvgIpc) is 3.15. The summed E-state index contributed by atoms with van der Waals surface area (Å²) >= 11 is 0. The van der Waals surface area contributed by atoms with Gasteiger partial charge in [-0.1, -0.05) is 6.42 Å². The summed E-state index contributed by atoms with van der Waals surface area (Å²) in [6, 6.07) is 0. The minimum atomic E-state index is -0.325. The third kappa shape index (κ3) is 1.42. The highest BCUT2D eigenvalue weighted by atomic mass is 16.2. The average molecular weight is 274 g/mol. The van der Waals surface area contributed by atoms with E-state index in [0.29, 0.717) is 23.0 Å². The van der Waals surface area contributed by atoms with Crippen molar-refractivity contribution in [1.82, 2.24) is 19.1 Å². The van der Waals surface area contributed by atoms with Crippen molar-refractivity contribution in [3.05, 3.63) is 26.7 Å². The summed E-state index contributed by atoms with van der Waals surface area (Å²) in [6.45, 7) is 0. The van der Waals surface area contributed by atoms with Crippen LogP contribution in [-0.2, 0) is 14.1 Å². The zero-order valence-electron chi connectivity index (χ0n) is 11.7. The molecule has 106 valence electrons. The Labute approximate surface area is 115 Å². The minimum Gasteiger partial charge on any atom is -0.336 e. The monoisotopic (exact) mass is 274 g/mol. The van der Waals surface area contributed by atoms with E-state index >= 15 is 0 Å². The van der Waals surface area contributed by atoms with Crippen molar-refractivity contribution >= 4 is 11.2 Å². The number of nitrogens with zero attached hydrogens (tertiary/aromatic N) is 3. The number of H-pyrrole nitrogens is 1. The van der Waals surface area contributed by atoms with E-state index in [2.05, 4.69) is 9.97 Å². The van der Waals surface area contributed by atoms with Gasteiger partial charge in [-0.25, -0.2) is 9.78 Å². The van der Waals surface area contributed by atoms with Crippen molar-refractivity contribution in [3.63, 3.8) is 0 Å². The molecule has 0 aliphatic heterocycles. The molecule has 2 bridgehead atoms. The Morgan fingerprint density at radius 1 is 1.15 bits per heavy atom. The Balaban J connectivity index is 1.92. The van der Waals surface area contributed by atoms with Gasteiger partial charge in [0.2, 0.25) is 0 Å². The van der Waals surface area contributed by atoms with Crippen molar-refractivity contribution in [3.8, 4) is 0 Å². The minimum absolute atomic E-state index is 0.287. The van der Waals surface area contributed by atoms with Gasteiger partial charge in [-0.05, 0) is 31.1 Å². The molecular formula is C14H18N4O2. The molecule has 0 radical (unpaired) electrons. The fourth-order valence-electron chi connectivity index (χ4n) is 4.10. The zero-order chi connectivity index (χ0) is 14.0. The fourth-order valence-corrected chi connectivity index (χ4v) is 4.10. The molecule has 2 fully saturated rings. The van der Waals surface area contributed by atoms with Gasteiger partial charge in [0.25, 0.3) is 5.56 Å². The van der Waals surface area contributed by atoms with E-state index in [-0.39, 0.29) is 11.2 Å². The van der Waals surface area contributed by atoms with Crippen LogP contribution in [0.15, 0.2) is 9.59 Å². The van der Waals surface area contributed by atoms with Crippen LogP contribution in [0, 0.1) is 11.8 Å². The molecule has 2 aliphatic rings. The van der Waals surface area contributed by atoms with E-state index in [4.69, 9.17) is 0 Å². The first-order valence-corrected chi connectivity index (χ1v) is 7.22. The van der Waals surface area contributed by atoms with Gasteiger partial charge >= 0.3 is 5.69 Å². The first-order chi connectivity index (χ1) is 9.56. The summed E-state index contributed by atoms with van der Waals surface area (Å²) in [5, 5.41) is 0. The molecule has 20 heavy (non-hydrogen) atoms. The maximum atomic E-state index is 12.2. The van der Waals surface area contributed by atoms with Crippen molar-refractivity contribution in [2.45, 2.75) is 31.6 Å². The Hall–Kier alpha value is -1.85. The number of aryl methyl sites for hydroxylation is 1. The fraction of sp³-hybridized carbons (Fsp3) is 0.643. The molecule has 1 N–H and O–H groups in total. The van der Waals surface area contributed by atoms with E-state index < -0.39 is 0 Å². The predicted octanol–water partition coefficient (Wildman–Crippen LogP) is 0.864. The molecule has 0 amide bonds. The van der Waals surface area contributed by atoms with Crippen LogP contribution in [-0.4, -0.2) is 19.1 Å². The predicted molar refractivity (Wildman–Crippen MR) is 74.8 cm³/mol. The maximum absolute atomic E-state index is 12.2. The zero-order valence-corrected chi connectivity index (χ0v) is 11.7. The number of nitrogens with one attached hydrogen (secondary N) is 1. The number of hydrogen-bond donors (Lipinski definition) is 1. The first kappa shape index (κ1) is 11.9. The van der Waals surface area contributed by atoms with Crippen LogP contribution in [0.5, 0.6) is 0 Å². The quantitative estimate of drug-likeness (QED) is 0.838. The third-order valence-electron chi connectivity index (χ3n) is 5.20. The molecule has 2 heterocycles. The molecule has 4 rings (SSSR count). The van der Waals surface area contributed by atoms with E-state index in [1.54, 1.807) is 7.05 Å². The van der Waals surface area contributed by atoms with Crippen LogP contribution in [0.25, 0.3) is 11.2 Å². The lowest BCUT2D eigenvalue weighted by molar-refractivity contribution is 0.408. The topological polar surface area (TPSA) is 72.7 Å². The Bertz CT molecular complexity index is 813. The normalized spacial score (nSPS) is 28.6. The molecular weight excluding hydrogens is 256 g/mol. The molecule has 2 aromatic heterocycles. The van der Waals surface area contributed by atoms with Gasteiger partial charge in [-0.2, -0.15) is 0 Å². The Morgan fingerprint density at radius 3 is 2.60 bits per heavy atom. The molecule has 0 unspecified atom stereocenters. The van der Waals surface area contributed by atoms with Gasteiger partial charge in [0.15, 0.2) is 5.65 Å². The van der Waals surface area contributed by atoms with E-state index in [0.717, 1.165) is 16.3 Å². The SMILES string of the molecule is Cn1c(=O)c2[nH]c([C@H]3C[C@@H]4CC[C@@H]3C4)nc2n(C)c1=O. The van der Waals surface area contributed by atoms with E-state index in [1.807, 2.05) is 0 Å². The summed E-state index contributed by atoms with van der Waals surface area (Å²) in [7, 11) is 3.16. The number of imidazole rings is 1. The molecule has 2 aliphatic carbocycles. The van der Waals surface area contributed by atoms with Gasteiger partial charge in [-0.3, -0.25) is 13.9 Å². The summed E-state index contributed by atoms with van der Waals surface area (Å²) in [5.74, 6) is 2.85. The molecule has 6 heteroatoms. The molecule has 2 aromatic rings. The van der Waals surface area contributed by atoms with Gasteiger partial charge in [0.1, 0.15) is 11.3 Å². The van der Waals surface area contributed by atoms with Crippen LogP contribution in [0.2, 0.25) is 0 Å². The second-order valence-electron chi connectivity index (χ2n) is 6.31. The maximum Gasteiger partial charge on any atom is 0.332 e. The lowest BCUT2D eigenvalue weighted by Crippen LogP contribution is -2.36. The highest BCUT2D eigenvalue weighted by molar-refractivity contribution is 5.69. The summed E-state index contributed by atoms with van der Waals surface area (Å²) < 4.78 is 2.58. The van der Waals surface area contributed by atoms with Crippen LogP contribution in [0.4, 0.5) is 0 Å². The van der Waals surface area contributed by atoms with Crippen molar-refractivity contribution < 1.29 is 0 Å². The first-order valence-electron chi connectivity index (χ1n) is 7.22. The Morgan fingerprint density at radius 2 is 1.95 bits per heavy atom.